The summed E-state index contributed by atoms with van der Waals surface area (Å²) in [5, 5.41) is 9.12. The third-order valence-electron chi connectivity index (χ3n) is 3.95. The van der Waals surface area contributed by atoms with Crippen LogP contribution in [0.25, 0.3) is 0 Å². The van der Waals surface area contributed by atoms with Crippen LogP contribution in [0.4, 0.5) is 0 Å². The lowest BCUT2D eigenvalue weighted by Crippen LogP contribution is -2.38. The van der Waals surface area contributed by atoms with Crippen molar-refractivity contribution >= 4 is 11.9 Å². The molecular weight excluding hydrogens is 254 g/mol. The second-order valence-electron chi connectivity index (χ2n) is 6.02. The van der Waals surface area contributed by atoms with Gasteiger partial charge in [0.15, 0.2) is 0 Å². The Bertz CT molecular complexity index is 495. The van der Waals surface area contributed by atoms with E-state index in [1.807, 2.05) is 12.1 Å². The normalized spacial score (nSPS) is 15.4. The highest BCUT2D eigenvalue weighted by molar-refractivity contribution is 5.84. The molecule has 2 rings (SSSR count). The zero-order valence-corrected chi connectivity index (χ0v) is 12.1. The molecule has 0 bridgehead atoms. The van der Waals surface area contributed by atoms with E-state index in [0.717, 1.165) is 12.8 Å². The minimum atomic E-state index is -1.00. The van der Waals surface area contributed by atoms with Crippen molar-refractivity contribution < 1.29 is 14.7 Å². The van der Waals surface area contributed by atoms with Crippen molar-refractivity contribution in [1.82, 2.24) is 4.90 Å². The number of carbonyl (C=O) groups excluding carboxylic acids is 1. The quantitative estimate of drug-likeness (QED) is 0.919. The lowest BCUT2D eigenvalue weighted by Gasteiger charge is -2.25. The molecule has 1 heterocycles. The van der Waals surface area contributed by atoms with Crippen LogP contribution in [-0.2, 0) is 22.4 Å². The highest BCUT2D eigenvalue weighted by atomic mass is 16.4. The monoisotopic (exact) mass is 275 g/mol. The van der Waals surface area contributed by atoms with E-state index in [1.54, 1.807) is 18.7 Å². The maximum absolute atomic E-state index is 12.3. The number of hydrogen-bond donors (Lipinski definition) is 1. The van der Waals surface area contributed by atoms with Crippen molar-refractivity contribution in [2.75, 3.05) is 13.1 Å². The van der Waals surface area contributed by atoms with Crippen LogP contribution in [0.3, 0.4) is 0 Å². The minimum Gasteiger partial charge on any atom is -0.481 e. The number of rotatable bonds is 3. The topological polar surface area (TPSA) is 57.6 Å². The van der Waals surface area contributed by atoms with Gasteiger partial charge < -0.3 is 10.0 Å². The first kappa shape index (κ1) is 14.6. The van der Waals surface area contributed by atoms with E-state index in [-0.39, 0.29) is 12.3 Å². The first-order valence-corrected chi connectivity index (χ1v) is 6.98. The van der Waals surface area contributed by atoms with Gasteiger partial charge in [-0.3, -0.25) is 9.59 Å². The number of carbonyl (C=O) groups is 2. The predicted octanol–water partition coefficient (Wildman–Crippen LogP) is 2.11. The summed E-state index contributed by atoms with van der Waals surface area (Å²) in [7, 11) is 0. The van der Waals surface area contributed by atoms with E-state index in [0.29, 0.717) is 13.1 Å². The van der Waals surface area contributed by atoms with Crippen LogP contribution >= 0.6 is 0 Å². The molecular formula is C16H21NO3. The summed E-state index contributed by atoms with van der Waals surface area (Å²) < 4.78 is 0. The fourth-order valence-electron chi connectivity index (χ4n) is 2.48. The van der Waals surface area contributed by atoms with E-state index >= 15 is 0 Å². The van der Waals surface area contributed by atoms with Crippen LogP contribution in [0, 0.1) is 5.41 Å². The van der Waals surface area contributed by atoms with E-state index in [1.165, 1.54) is 11.1 Å². The summed E-state index contributed by atoms with van der Waals surface area (Å²) >= 11 is 0. The summed E-state index contributed by atoms with van der Waals surface area (Å²) in [6.45, 7) is 4.54. The summed E-state index contributed by atoms with van der Waals surface area (Å²) in [5.74, 6) is -0.992. The lowest BCUT2D eigenvalue weighted by molar-refractivity contribution is -0.151. The first-order chi connectivity index (χ1) is 9.40. The van der Waals surface area contributed by atoms with E-state index in [9.17, 15) is 9.59 Å². The van der Waals surface area contributed by atoms with Crippen molar-refractivity contribution in [3.8, 4) is 0 Å². The van der Waals surface area contributed by atoms with Crippen LogP contribution in [0.15, 0.2) is 24.3 Å². The van der Waals surface area contributed by atoms with Gasteiger partial charge in [0.05, 0.1) is 5.41 Å². The van der Waals surface area contributed by atoms with Crippen LogP contribution < -0.4 is 0 Å². The number of hydrogen-bond acceptors (Lipinski definition) is 2. The highest BCUT2D eigenvalue weighted by Gasteiger charge is 2.32. The molecule has 1 aliphatic heterocycles. The summed E-state index contributed by atoms with van der Waals surface area (Å²) in [6, 6.07) is 8.24. The van der Waals surface area contributed by atoms with Gasteiger partial charge in [0.25, 0.3) is 0 Å². The second-order valence-corrected chi connectivity index (χ2v) is 6.02. The number of benzene rings is 1. The summed E-state index contributed by atoms with van der Waals surface area (Å²) in [4.78, 5) is 25.2. The van der Waals surface area contributed by atoms with Gasteiger partial charge in [-0.05, 0) is 37.8 Å². The van der Waals surface area contributed by atoms with Gasteiger partial charge in [0, 0.05) is 19.5 Å². The molecule has 1 aliphatic rings. The van der Waals surface area contributed by atoms with Gasteiger partial charge in [-0.25, -0.2) is 0 Å². The Morgan fingerprint density at radius 2 is 1.65 bits per heavy atom. The van der Waals surface area contributed by atoms with Gasteiger partial charge in [0.2, 0.25) is 5.91 Å². The molecule has 0 saturated carbocycles. The number of aliphatic carboxylic acids is 1. The molecule has 0 fully saturated rings. The summed E-state index contributed by atoms with van der Waals surface area (Å²) in [6.07, 6.45) is 1.74. The Morgan fingerprint density at radius 3 is 2.10 bits per heavy atom. The van der Waals surface area contributed by atoms with Gasteiger partial charge >= 0.3 is 5.97 Å². The van der Waals surface area contributed by atoms with Crippen LogP contribution in [0.1, 0.15) is 31.4 Å². The third kappa shape index (κ3) is 3.18. The zero-order valence-electron chi connectivity index (χ0n) is 12.1. The molecule has 0 aromatic heterocycles. The summed E-state index contributed by atoms with van der Waals surface area (Å²) in [5.41, 5.74) is 1.58. The van der Waals surface area contributed by atoms with Crippen molar-refractivity contribution in [2.45, 2.75) is 33.1 Å². The van der Waals surface area contributed by atoms with Crippen molar-refractivity contribution in [2.24, 2.45) is 5.41 Å². The fraction of sp³-hybridized carbons (Fsp3) is 0.500. The molecule has 1 amide bonds. The Balaban J connectivity index is 2.02. The van der Waals surface area contributed by atoms with Gasteiger partial charge in [-0.1, -0.05) is 24.3 Å². The average Bonchev–Trinajstić information content (AvgIpc) is 2.60. The molecule has 4 heteroatoms. The molecule has 0 radical (unpaired) electrons. The largest absolute Gasteiger partial charge is 0.481 e. The lowest BCUT2D eigenvalue weighted by atomic mass is 9.89. The fourth-order valence-corrected chi connectivity index (χ4v) is 2.48. The maximum Gasteiger partial charge on any atom is 0.309 e. The minimum absolute atomic E-state index is 0.0542. The molecule has 1 N–H and O–H groups in total. The molecule has 0 spiro atoms. The number of carboxylic acids is 1. The SMILES string of the molecule is CC(C)(CC(=O)N1CCc2ccccc2CC1)C(=O)O. The Morgan fingerprint density at radius 1 is 1.15 bits per heavy atom. The van der Waals surface area contributed by atoms with Crippen molar-refractivity contribution in [3.05, 3.63) is 35.4 Å². The molecule has 0 atom stereocenters. The highest BCUT2D eigenvalue weighted by Crippen LogP contribution is 2.23. The standard InChI is InChI=1S/C16H21NO3/c1-16(2,15(19)20)11-14(18)17-9-7-12-5-3-4-6-13(12)8-10-17/h3-6H,7-11H2,1-2H3,(H,19,20). The van der Waals surface area contributed by atoms with E-state index < -0.39 is 11.4 Å². The Kier molecular flexibility index (Phi) is 4.12. The van der Waals surface area contributed by atoms with Crippen molar-refractivity contribution in [3.63, 3.8) is 0 Å². The third-order valence-corrected chi connectivity index (χ3v) is 3.95. The van der Waals surface area contributed by atoms with Gasteiger partial charge in [0.1, 0.15) is 0 Å². The molecule has 1 aromatic rings. The molecule has 1 aromatic carbocycles. The number of amides is 1. The zero-order chi connectivity index (χ0) is 14.8. The smallest absolute Gasteiger partial charge is 0.309 e. The number of fused-ring (bicyclic) bond motifs is 1. The van der Waals surface area contributed by atoms with Gasteiger partial charge in [-0.2, -0.15) is 0 Å². The molecule has 4 nitrogen and oxygen atoms in total. The maximum atomic E-state index is 12.3. The molecule has 20 heavy (non-hydrogen) atoms. The van der Waals surface area contributed by atoms with Gasteiger partial charge in [-0.15, -0.1) is 0 Å². The molecule has 0 unspecified atom stereocenters. The van der Waals surface area contributed by atoms with Crippen LogP contribution in [0.5, 0.6) is 0 Å². The number of carboxylic acid groups (broad SMARTS) is 1. The van der Waals surface area contributed by atoms with E-state index in [2.05, 4.69) is 12.1 Å². The van der Waals surface area contributed by atoms with Crippen LogP contribution in [-0.4, -0.2) is 35.0 Å². The number of nitrogens with zero attached hydrogens (tertiary/aromatic N) is 1. The molecule has 0 aliphatic carbocycles. The van der Waals surface area contributed by atoms with Crippen molar-refractivity contribution in [1.29, 1.82) is 0 Å². The predicted molar refractivity (Wildman–Crippen MR) is 76.5 cm³/mol. The average molecular weight is 275 g/mol. The molecule has 0 saturated heterocycles. The van der Waals surface area contributed by atoms with E-state index in [4.69, 9.17) is 5.11 Å². The Labute approximate surface area is 119 Å². The second kappa shape index (κ2) is 5.65. The van der Waals surface area contributed by atoms with Crippen LogP contribution in [0.2, 0.25) is 0 Å². The first-order valence-electron chi connectivity index (χ1n) is 6.98. The molecule has 108 valence electrons. The Hall–Kier alpha value is -1.84.